The Labute approximate surface area is 66.0 Å². The molecule has 0 spiro atoms. The van der Waals surface area contributed by atoms with E-state index >= 15 is 0 Å². The monoisotopic (exact) mass is 162 g/mol. The molecule has 0 aliphatic heterocycles. The van der Waals surface area contributed by atoms with Crippen LogP contribution in [0.2, 0.25) is 0 Å². The van der Waals surface area contributed by atoms with Crippen LogP contribution in [0.1, 0.15) is 20.3 Å². The number of ketones is 1. The van der Waals surface area contributed by atoms with E-state index in [1.54, 1.807) is 0 Å². The number of thioether (sulfide) groups is 1. The van der Waals surface area contributed by atoms with Crippen LogP contribution in [0.4, 0.5) is 0 Å². The van der Waals surface area contributed by atoms with Crippen LogP contribution in [-0.2, 0) is 4.79 Å². The predicted octanol–water partition coefficient (Wildman–Crippen LogP) is 1.08. The Morgan fingerprint density at radius 3 is 2.70 bits per heavy atom. The van der Waals surface area contributed by atoms with Crippen LogP contribution in [0.5, 0.6) is 0 Å². The molecule has 10 heavy (non-hydrogen) atoms. The van der Waals surface area contributed by atoms with Gasteiger partial charge in [0.15, 0.2) is 0 Å². The third-order valence-corrected chi connectivity index (χ3v) is 2.39. The zero-order chi connectivity index (χ0) is 7.98. The third kappa shape index (κ3) is 4.82. The molecule has 0 fully saturated rings. The third-order valence-electron chi connectivity index (χ3n) is 1.18. The van der Waals surface area contributed by atoms with Crippen LogP contribution < -0.4 is 0 Å². The summed E-state index contributed by atoms with van der Waals surface area (Å²) in [5, 5.41) is 8.78. The zero-order valence-corrected chi connectivity index (χ0v) is 7.28. The van der Waals surface area contributed by atoms with Crippen LogP contribution in [0.15, 0.2) is 0 Å². The van der Waals surface area contributed by atoms with Gasteiger partial charge in [-0.15, -0.1) is 11.8 Å². The molecule has 0 saturated carbocycles. The maximum absolute atomic E-state index is 10.7. The molecule has 0 aromatic carbocycles. The highest BCUT2D eigenvalue weighted by Gasteiger charge is 2.03. The highest BCUT2D eigenvalue weighted by Crippen LogP contribution is 2.09. The summed E-state index contributed by atoms with van der Waals surface area (Å²) in [5.41, 5.74) is 0. The molecular weight excluding hydrogens is 148 g/mol. The minimum atomic E-state index is 0.154. The first-order valence-electron chi connectivity index (χ1n) is 3.44. The molecule has 0 aliphatic rings. The molecule has 0 bridgehead atoms. The lowest BCUT2D eigenvalue weighted by atomic mass is 10.4. The number of Topliss-reactive ketones (excluding diaryl/α,β-unsaturated/α-hetero) is 1. The molecule has 0 aromatic rings. The number of aliphatic hydroxyl groups is 1. The van der Waals surface area contributed by atoms with Crippen molar-refractivity contribution in [3.05, 3.63) is 0 Å². The first-order chi connectivity index (χ1) is 4.70. The van der Waals surface area contributed by atoms with Gasteiger partial charge >= 0.3 is 0 Å². The van der Waals surface area contributed by atoms with E-state index in [0.29, 0.717) is 12.2 Å². The summed E-state index contributed by atoms with van der Waals surface area (Å²) in [6, 6.07) is 0. The van der Waals surface area contributed by atoms with Gasteiger partial charge in [0.25, 0.3) is 0 Å². The van der Waals surface area contributed by atoms with Crippen molar-refractivity contribution in [1.29, 1.82) is 0 Å². The van der Waals surface area contributed by atoms with Crippen molar-refractivity contribution < 1.29 is 9.90 Å². The Balaban J connectivity index is 3.26. The summed E-state index contributed by atoms with van der Waals surface area (Å²) < 4.78 is 0. The molecule has 3 heteroatoms. The van der Waals surface area contributed by atoms with Gasteiger partial charge in [-0.1, -0.05) is 13.8 Å². The van der Waals surface area contributed by atoms with Crippen LogP contribution >= 0.6 is 11.8 Å². The van der Waals surface area contributed by atoms with Crippen LogP contribution in [-0.4, -0.2) is 28.5 Å². The summed E-state index contributed by atoms with van der Waals surface area (Å²) in [5.74, 6) is 0.795. The van der Waals surface area contributed by atoms with E-state index < -0.39 is 0 Å². The Kier molecular flexibility index (Phi) is 5.73. The molecule has 2 nitrogen and oxygen atoms in total. The van der Waals surface area contributed by atoms with Gasteiger partial charge in [0.2, 0.25) is 0 Å². The molecule has 0 saturated heterocycles. The van der Waals surface area contributed by atoms with Crippen molar-refractivity contribution in [2.24, 2.45) is 0 Å². The number of carbonyl (C=O) groups excluding carboxylic acids is 1. The van der Waals surface area contributed by atoms with Gasteiger partial charge in [-0.05, 0) is 0 Å². The van der Waals surface area contributed by atoms with Crippen molar-refractivity contribution in [1.82, 2.24) is 0 Å². The van der Waals surface area contributed by atoms with Gasteiger partial charge in [-0.3, -0.25) is 4.79 Å². The average Bonchev–Trinajstić information content (AvgIpc) is 1.99. The SMILES string of the molecule is CCC(=O)CSC(C)CO. The number of aliphatic hydroxyl groups excluding tert-OH is 1. The quantitative estimate of drug-likeness (QED) is 0.657. The van der Waals surface area contributed by atoms with Crippen molar-refractivity contribution in [3.63, 3.8) is 0 Å². The minimum Gasteiger partial charge on any atom is -0.395 e. The molecule has 1 N–H and O–H groups in total. The number of hydrogen-bond donors (Lipinski definition) is 1. The fourth-order valence-electron chi connectivity index (χ4n) is 0.390. The Morgan fingerprint density at radius 2 is 2.30 bits per heavy atom. The van der Waals surface area contributed by atoms with E-state index in [4.69, 9.17) is 5.11 Å². The fourth-order valence-corrected chi connectivity index (χ4v) is 1.17. The van der Waals surface area contributed by atoms with Gasteiger partial charge in [0.05, 0.1) is 12.4 Å². The Bertz CT molecular complexity index is 104. The maximum atomic E-state index is 10.7. The van der Waals surface area contributed by atoms with E-state index in [9.17, 15) is 4.79 Å². The van der Waals surface area contributed by atoms with Crippen molar-refractivity contribution in [2.75, 3.05) is 12.4 Å². The second-order valence-corrected chi connectivity index (χ2v) is 3.62. The van der Waals surface area contributed by atoms with Gasteiger partial charge in [-0.25, -0.2) is 0 Å². The molecule has 0 aromatic heterocycles. The summed E-state index contributed by atoms with van der Waals surface area (Å²) in [6.45, 7) is 3.92. The lowest BCUT2D eigenvalue weighted by Crippen LogP contribution is -2.07. The zero-order valence-electron chi connectivity index (χ0n) is 6.46. The standard InChI is InChI=1S/C7H14O2S/c1-3-7(9)5-10-6(2)4-8/h6,8H,3-5H2,1-2H3. The summed E-state index contributed by atoms with van der Waals surface area (Å²) in [4.78, 5) is 10.7. The van der Waals surface area contributed by atoms with Crippen LogP contribution in [0.3, 0.4) is 0 Å². The van der Waals surface area contributed by atoms with E-state index in [1.807, 2.05) is 13.8 Å². The lowest BCUT2D eigenvalue weighted by molar-refractivity contribution is -0.116. The highest BCUT2D eigenvalue weighted by atomic mass is 32.2. The van der Waals surface area contributed by atoms with E-state index in [1.165, 1.54) is 11.8 Å². The summed E-state index contributed by atoms with van der Waals surface area (Å²) in [7, 11) is 0. The number of hydrogen-bond acceptors (Lipinski definition) is 3. The van der Waals surface area contributed by atoms with Gasteiger partial charge in [0, 0.05) is 11.7 Å². The topological polar surface area (TPSA) is 37.3 Å². The van der Waals surface area contributed by atoms with E-state index in [0.717, 1.165) is 0 Å². The van der Waals surface area contributed by atoms with E-state index in [-0.39, 0.29) is 17.6 Å². The molecule has 1 unspecified atom stereocenters. The highest BCUT2D eigenvalue weighted by molar-refractivity contribution is 8.00. The first kappa shape index (κ1) is 9.98. The molecule has 60 valence electrons. The number of carbonyl (C=O) groups is 1. The molecule has 1 atom stereocenters. The van der Waals surface area contributed by atoms with Crippen molar-refractivity contribution >= 4 is 17.5 Å². The molecule has 0 heterocycles. The Morgan fingerprint density at radius 1 is 1.70 bits per heavy atom. The molecular formula is C7H14O2S. The first-order valence-corrected chi connectivity index (χ1v) is 4.49. The maximum Gasteiger partial charge on any atom is 0.142 e. The molecule has 0 rings (SSSR count). The second-order valence-electron chi connectivity index (χ2n) is 2.20. The molecule has 0 aliphatic carbocycles. The van der Waals surface area contributed by atoms with Gasteiger partial charge in [0.1, 0.15) is 5.78 Å². The lowest BCUT2D eigenvalue weighted by Gasteiger charge is -2.04. The van der Waals surface area contributed by atoms with E-state index in [2.05, 4.69) is 0 Å². The van der Waals surface area contributed by atoms with Crippen molar-refractivity contribution in [3.8, 4) is 0 Å². The normalized spacial score (nSPS) is 13.1. The molecule has 0 amide bonds. The second kappa shape index (κ2) is 5.74. The van der Waals surface area contributed by atoms with Gasteiger partial charge in [-0.2, -0.15) is 0 Å². The Hall–Kier alpha value is -0.0200. The predicted molar refractivity (Wildman–Crippen MR) is 44.3 cm³/mol. The summed E-state index contributed by atoms with van der Waals surface area (Å²) in [6.07, 6.45) is 0.602. The minimum absolute atomic E-state index is 0.154. The molecule has 0 radical (unpaired) electrons. The largest absolute Gasteiger partial charge is 0.395 e. The van der Waals surface area contributed by atoms with Crippen molar-refractivity contribution in [2.45, 2.75) is 25.5 Å². The van der Waals surface area contributed by atoms with Gasteiger partial charge < -0.3 is 5.11 Å². The van der Waals surface area contributed by atoms with Crippen LogP contribution in [0, 0.1) is 0 Å². The summed E-state index contributed by atoms with van der Waals surface area (Å²) >= 11 is 1.51. The number of rotatable bonds is 5. The average molecular weight is 162 g/mol. The fraction of sp³-hybridized carbons (Fsp3) is 0.857. The smallest absolute Gasteiger partial charge is 0.142 e. The van der Waals surface area contributed by atoms with Crippen LogP contribution in [0.25, 0.3) is 0 Å².